The van der Waals surface area contributed by atoms with E-state index in [1.807, 2.05) is 41.1 Å². The summed E-state index contributed by atoms with van der Waals surface area (Å²) in [6.45, 7) is 9.28. The maximum absolute atomic E-state index is 4.88. The molecule has 2 aromatic carbocycles. The Kier molecular flexibility index (Phi) is 4.92. The van der Waals surface area contributed by atoms with Gasteiger partial charge in [0.25, 0.3) is 0 Å². The van der Waals surface area contributed by atoms with Gasteiger partial charge in [0.05, 0.1) is 16.6 Å². The van der Waals surface area contributed by atoms with E-state index in [-0.39, 0.29) is 6.04 Å². The first kappa shape index (κ1) is 18.7. The van der Waals surface area contributed by atoms with Crippen LogP contribution in [0, 0.1) is 11.3 Å². The third kappa shape index (κ3) is 3.93. The van der Waals surface area contributed by atoms with Gasteiger partial charge in [-0.2, -0.15) is 0 Å². The summed E-state index contributed by atoms with van der Waals surface area (Å²) in [7, 11) is 0. The minimum Gasteiger partial charge on any atom is -0.340 e. The zero-order valence-electron chi connectivity index (χ0n) is 17.2. The molecule has 146 valence electrons. The predicted octanol–water partition coefficient (Wildman–Crippen LogP) is 5.75. The minimum atomic E-state index is 0.0437. The lowest BCUT2D eigenvalue weighted by molar-refractivity contribution is 0.283. The van der Waals surface area contributed by atoms with Crippen LogP contribution in [0.25, 0.3) is 22.1 Å². The number of para-hydroxylation sites is 3. The van der Waals surface area contributed by atoms with Crippen molar-refractivity contribution in [3.63, 3.8) is 0 Å². The summed E-state index contributed by atoms with van der Waals surface area (Å²) < 4.78 is 2.04. The van der Waals surface area contributed by atoms with Gasteiger partial charge in [0, 0.05) is 0 Å². The van der Waals surface area contributed by atoms with Gasteiger partial charge in [-0.15, -0.1) is 5.10 Å². The summed E-state index contributed by atoms with van der Waals surface area (Å²) in [5, 5.41) is 8.88. The molecule has 4 aromatic rings. The second kappa shape index (κ2) is 7.38. The molecule has 2 unspecified atom stereocenters. The Labute approximate surface area is 166 Å². The second-order valence-corrected chi connectivity index (χ2v) is 9.13. The molecule has 0 spiro atoms. The Bertz CT molecular complexity index is 1040. The Morgan fingerprint density at radius 1 is 0.964 bits per heavy atom. The van der Waals surface area contributed by atoms with Gasteiger partial charge in [-0.25, -0.2) is 9.67 Å². The van der Waals surface area contributed by atoms with Crippen molar-refractivity contribution in [2.24, 2.45) is 11.3 Å². The normalized spacial score (nSPS) is 14.6. The molecular formula is C23H29N5. The number of benzene rings is 2. The standard InChI is InChI=1S/C23H29N5/c1-16(15-23(2,3)4)13-14-21(22-24-17-9-5-6-10-18(17)25-22)28-20-12-8-7-11-19(20)26-27-28/h5-12,16,21H,13-15H2,1-4H3,(H,24,25). The Morgan fingerprint density at radius 3 is 2.43 bits per heavy atom. The van der Waals surface area contributed by atoms with Gasteiger partial charge in [-0.05, 0) is 54.9 Å². The number of H-pyrrole nitrogens is 1. The number of fused-ring (bicyclic) bond motifs is 2. The SMILES string of the molecule is CC(CCC(c1nc2ccccc2[nH]1)n1nnc2ccccc21)CC(C)(C)C. The Hall–Kier alpha value is -2.69. The molecule has 0 aliphatic rings. The summed E-state index contributed by atoms with van der Waals surface area (Å²) in [6, 6.07) is 16.4. The van der Waals surface area contributed by atoms with Crippen LogP contribution in [0.2, 0.25) is 0 Å². The Morgan fingerprint density at radius 2 is 1.68 bits per heavy atom. The molecule has 0 bridgehead atoms. The molecule has 0 saturated carbocycles. The molecule has 1 N–H and O–H groups in total. The van der Waals surface area contributed by atoms with Crippen molar-refractivity contribution in [2.75, 3.05) is 0 Å². The van der Waals surface area contributed by atoms with Gasteiger partial charge in [0.15, 0.2) is 0 Å². The lowest BCUT2D eigenvalue weighted by Crippen LogP contribution is -2.17. The number of rotatable bonds is 6. The number of nitrogens with zero attached hydrogens (tertiary/aromatic N) is 4. The van der Waals surface area contributed by atoms with Gasteiger partial charge in [-0.1, -0.05) is 57.2 Å². The van der Waals surface area contributed by atoms with E-state index < -0.39 is 0 Å². The van der Waals surface area contributed by atoms with Crippen molar-refractivity contribution in [2.45, 2.75) is 53.0 Å². The van der Waals surface area contributed by atoms with Gasteiger partial charge >= 0.3 is 0 Å². The lowest BCUT2D eigenvalue weighted by Gasteiger charge is -2.24. The number of hydrogen-bond acceptors (Lipinski definition) is 3. The van der Waals surface area contributed by atoms with Crippen LogP contribution in [-0.4, -0.2) is 25.0 Å². The quantitative estimate of drug-likeness (QED) is 0.467. The molecule has 4 rings (SSSR count). The average molecular weight is 376 g/mol. The smallest absolute Gasteiger partial charge is 0.132 e. The highest BCUT2D eigenvalue weighted by Crippen LogP contribution is 2.31. The first-order valence-electron chi connectivity index (χ1n) is 10.2. The van der Waals surface area contributed by atoms with Crippen LogP contribution in [0.4, 0.5) is 0 Å². The van der Waals surface area contributed by atoms with E-state index in [0.29, 0.717) is 11.3 Å². The molecule has 0 aliphatic carbocycles. The summed E-state index contributed by atoms with van der Waals surface area (Å²) in [5.74, 6) is 1.60. The van der Waals surface area contributed by atoms with E-state index in [1.54, 1.807) is 0 Å². The predicted molar refractivity (Wildman–Crippen MR) is 114 cm³/mol. The fourth-order valence-corrected chi connectivity index (χ4v) is 4.21. The van der Waals surface area contributed by atoms with Crippen molar-refractivity contribution in [3.8, 4) is 0 Å². The molecule has 5 heteroatoms. The molecule has 2 atom stereocenters. The van der Waals surface area contributed by atoms with Gasteiger partial charge in [0.1, 0.15) is 17.4 Å². The molecule has 2 heterocycles. The average Bonchev–Trinajstić information content (AvgIpc) is 3.25. The van der Waals surface area contributed by atoms with E-state index in [1.165, 1.54) is 6.42 Å². The fourth-order valence-electron chi connectivity index (χ4n) is 4.21. The van der Waals surface area contributed by atoms with Gasteiger partial charge in [-0.3, -0.25) is 0 Å². The molecule has 5 nitrogen and oxygen atoms in total. The number of nitrogens with one attached hydrogen (secondary N) is 1. The maximum atomic E-state index is 4.88. The van der Waals surface area contributed by atoms with Crippen molar-refractivity contribution >= 4 is 22.1 Å². The number of imidazole rings is 1. The largest absolute Gasteiger partial charge is 0.340 e. The third-order valence-corrected chi connectivity index (χ3v) is 5.29. The summed E-state index contributed by atoms with van der Waals surface area (Å²) >= 11 is 0. The van der Waals surface area contributed by atoms with E-state index in [2.05, 4.69) is 55.1 Å². The van der Waals surface area contributed by atoms with Crippen molar-refractivity contribution in [1.29, 1.82) is 0 Å². The highest BCUT2D eigenvalue weighted by molar-refractivity contribution is 5.76. The van der Waals surface area contributed by atoms with Crippen LogP contribution in [-0.2, 0) is 0 Å². The Balaban J connectivity index is 1.68. The highest BCUT2D eigenvalue weighted by Gasteiger charge is 2.23. The van der Waals surface area contributed by atoms with Crippen LogP contribution in [0.15, 0.2) is 48.5 Å². The zero-order valence-corrected chi connectivity index (χ0v) is 17.2. The van der Waals surface area contributed by atoms with Crippen LogP contribution in [0.1, 0.15) is 58.8 Å². The van der Waals surface area contributed by atoms with Crippen LogP contribution in [0.5, 0.6) is 0 Å². The van der Waals surface area contributed by atoms with Crippen molar-refractivity contribution in [1.82, 2.24) is 25.0 Å². The van der Waals surface area contributed by atoms with Crippen LogP contribution < -0.4 is 0 Å². The number of aromatic nitrogens is 5. The third-order valence-electron chi connectivity index (χ3n) is 5.29. The molecule has 2 aromatic heterocycles. The number of aromatic amines is 1. The monoisotopic (exact) mass is 375 g/mol. The molecule has 0 fully saturated rings. The topological polar surface area (TPSA) is 59.4 Å². The molecule has 0 aliphatic heterocycles. The second-order valence-electron chi connectivity index (χ2n) is 9.13. The zero-order chi connectivity index (χ0) is 19.7. The van der Waals surface area contributed by atoms with Crippen molar-refractivity contribution in [3.05, 3.63) is 54.4 Å². The highest BCUT2D eigenvalue weighted by atomic mass is 15.4. The number of hydrogen-bond donors (Lipinski definition) is 1. The maximum Gasteiger partial charge on any atom is 0.132 e. The van der Waals surface area contributed by atoms with E-state index >= 15 is 0 Å². The van der Waals surface area contributed by atoms with Gasteiger partial charge in [0.2, 0.25) is 0 Å². The van der Waals surface area contributed by atoms with E-state index in [0.717, 1.165) is 40.7 Å². The molecule has 0 radical (unpaired) electrons. The summed E-state index contributed by atoms with van der Waals surface area (Å²) in [4.78, 5) is 8.41. The first-order chi connectivity index (χ1) is 13.4. The first-order valence-corrected chi connectivity index (χ1v) is 10.2. The molecule has 0 saturated heterocycles. The molecule has 0 amide bonds. The van der Waals surface area contributed by atoms with Crippen LogP contribution >= 0.6 is 0 Å². The summed E-state index contributed by atoms with van der Waals surface area (Å²) in [6.07, 6.45) is 3.30. The van der Waals surface area contributed by atoms with E-state index in [4.69, 9.17) is 4.98 Å². The lowest BCUT2D eigenvalue weighted by atomic mass is 9.83. The molecule has 28 heavy (non-hydrogen) atoms. The fraction of sp³-hybridized carbons (Fsp3) is 0.435. The van der Waals surface area contributed by atoms with Gasteiger partial charge < -0.3 is 4.98 Å². The van der Waals surface area contributed by atoms with E-state index in [9.17, 15) is 0 Å². The van der Waals surface area contributed by atoms with Crippen LogP contribution in [0.3, 0.4) is 0 Å². The summed E-state index contributed by atoms with van der Waals surface area (Å²) in [5.41, 5.74) is 4.38. The minimum absolute atomic E-state index is 0.0437. The molecular weight excluding hydrogens is 346 g/mol. The van der Waals surface area contributed by atoms with Crippen molar-refractivity contribution < 1.29 is 0 Å².